The van der Waals surface area contributed by atoms with Crippen molar-refractivity contribution in [2.75, 3.05) is 12.4 Å². The fourth-order valence-corrected chi connectivity index (χ4v) is 1.69. The molecule has 104 valence electrons. The molecule has 20 heavy (non-hydrogen) atoms. The maximum absolute atomic E-state index is 13.2. The molecule has 0 aliphatic heterocycles. The molecule has 1 amide bonds. The number of benzene rings is 1. The molecule has 1 aromatic heterocycles. The Hall–Kier alpha value is -2.63. The third-order valence-corrected chi connectivity index (χ3v) is 2.71. The molecule has 6 heteroatoms. The van der Waals surface area contributed by atoms with Crippen molar-refractivity contribution in [3.63, 3.8) is 0 Å². The second kappa shape index (κ2) is 5.56. The van der Waals surface area contributed by atoms with Gasteiger partial charge in [-0.05, 0) is 19.1 Å². The Morgan fingerprint density at radius 2 is 2.10 bits per heavy atom. The van der Waals surface area contributed by atoms with Gasteiger partial charge in [0.25, 0.3) is 5.91 Å². The number of aromatic nitrogens is 1. The number of amides is 1. The van der Waals surface area contributed by atoms with Crippen molar-refractivity contribution < 1.29 is 13.9 Å². The van der Waals surface area contributed by atoms with Crippen molar-refractivity contribution in [1.29, 1.82) is 0 Å². The summed E-state index contributed by atoms with van der Waals surface area (Å²) in [7, 11) is 1.33. The number of pyridine rings is 1. The fraction of sp³-hybridized carbons (Fsp3) is 0.143. The molecule has 0 atom stereocenters. The van der Waals surface area contributed by atoms with Crippen LogP contribution in [0.15, 0.2) is 35.3 Å². The molecule has 2 rings (SSSR count). The molecule has 0 aliphatic rings. The summed E-state index contributed by atoms with van der Waals surface area (Å²) in [5.41, 5.74) is 0.606. The summed E-state index contributed by atoms with van der Waals surface area (Å²) in [6, 6.07) is 5.24. The third kappa shape index (κ3) is 2.85. The molecule has 1 heterocycles. The number of H-pyrrole nitrogens is 1. The van der Waals surface area contributed by atoms with Crippen LogP contribution in [0.5, 0.6) is 5.75 Å². The van der Waals surface area contributed by atoms with Crippen molar-refractivity contribution in [2.24, 2.45) is 0 Å². The van der Waals surface area contributed by atoms with Gasteiger partial charge in [-0.2, -0.15) is 0 Å². The Morgan fingerprint density at radius 1 is 1.35 bits per heavy atom. The topological polar surface area (TPSA) is 71.2 Å². The van der Waals surface area contributed by atoms with Crippen molar-refractivity contribution in [3.05, 3.63) is 57.8 Å². The Balaban J connectivity index is 2.25. The lowest BCUT2D eigenvalue weighted by atomic mass is 10.2. The van der Waals surface area contributed by atoms with Gasteiger partial charge in [0.1, 0.15) is 5.56 Å². The number of nitrogens with one attached hydrogen (secondary N) is 2. The second-order valence-corrected chi connectivity index (χ2v) is 4.20. The molecule has 0 radical (unpaired) electrons. The molecule has 2 aromatic rings. The lowest BCUT2D eigenvalue weighted by molar-refractivity contribution is 0.102. The smallest absolute Gasteiger partial charge is 0.261 e. The van der Waals surface area contributed by atoms with E-state index in [1.165, 1.54) is 37.6 Å². The average Bonchev–Trinajstić information content (AvgIpc) is 2.40. The first-order valence-corrected chi connectivity index (χ1v) is 5.85. The summed E-state index contributed by atoms with van der Waals surface area (Å²) < 4.78 is 18.1. The van der Waals surface area contributed by atoms with Crippen molar-refractivity contribution in [1.82, 2.24) is 4.98 Å². The molecule has 2 N–H and O–H groups in total. The van der Waals surface area contributed by atoms with E-state index >= 15 is 0 Å². The highest BCUT2D eigenvalue weighted by Crippen LogP contribution is 2.21. The first kappa shape index (κ1) is 13.8. The van der Waals surface area contributed by atoms with Crippen LogP contribution in [0, 0.1) is 12.7 Å². The van der Waals surface area contributed by atoms with E-state index in [-0.39, 0.29) is 16.7 Å². The molecule has 5 nitrogen and oxygen atoms in total. The quantitative estimate of drug-likeness (QED) is 0.901. The minimum Gasteiger partial charge on any atom is -0.494 e. The highest BCUT2D eigenvalue weighted by molar-refractivity contribution is 6.04. The predicted octanol–water partition coefficient (Wildman–Crippen LogP) is 2.08. The van der Waals surface area contributed by atoms with Crippen molar-refractivity contribution in [3.8, 4) is 5.75 Å². The van der Waals surface area contributed by atoms with Crippen LogP contribution in [-0.2, 0) is 0 Å². The second-order valence-electron chi connectivity index (χ2n) is 4.20. The van der Waals surface area contributed by atoms with Gasteiger partial charge in [-0.15, -0.1) is 0 Å². The van der Waals surface area contributed by atoms with E-state index in [0.29, 0.717) is 11.4 Å². The number of ether oxygens (including phenoxy) is 1. The zero-order valence-corrected chi connectivity index (χ0v) is 11.0. The Labute approximate surface area is 114 Å². The molecule has 0 unspecified atom stereocenters. The average molecular weight is 276 g/mol. The molecule has 0 fully saturated rings. The highest BCUT2D eigenvalue weighted by atomic mass is 19.1. The van der Waals surface area contributed by atoms with Gasteiger partial charge in [-0.25, -0.2) is 4.39 Å². The van der Waals surface area contributed by atoms with Gasteiger partial charge in [0.15, 0.2) is 17.0 Å². The van der Waals surface area contributed by atoms with E-state index in [0.717, 1.165) is 0 Å². The van der Waals surface area contributed by atoms with Gasteiger partial charge >= 0.3 is 0 Å². The third-order valence-electron chi connectivity index (χ3n) is 2.71. The number of rotatable bonds is 3. The molecule has 0 saturated heterocycles. The first-order chi connectivity index (χ1) is 9.51. The molecule has 0 spiro atoms. The van der Waals surface area contributed by atoms with E-state index < -0.39 is 11.7 Å². The summed E-state index contributed by atoms with van der Waals surface area (Å²) in [5.74, 6) is -1.08. The Bertz CT molecular complexity index is 710. The Morgan fingerprint density at radius 3 is 2.75 bits per heavy atom. The van der Waals surface area contributed by atoms with E-state index in [1.54, 1.807) is 6.92 Å². The molecule has 1 aromatic carbocycles. The summed E-state index contributed by atoms with van der Waals surface area (Å²) in [5, 5.41) is 2.51. The lowest BCUT2D eigenvalue weighted by Crippen LogP contribution is -2.21. The van der Waals surface area contributed by atoms with Gasteiger partial charge in [0.2, 0.25) is 0 Å². The van der Waals surface area contributed by atoms with Crippen LogP contribution in [0.1, 0.15) is 16.1 Å². The maximum Gasteiger partial charge on any atom is 0.261 e. The minimum atomic E-state index is -0.570. The molecular formula is C14H13FN2O3. The van der Waals surface area contributed by atoms with E-state index in [4.69, 9.17) is 4.74 Å². The van der Waals surface area contributed by atoms with Gasteiger partial charge in [-0.1, -0.05) is 0 Å². The number of hydrogen-bond acceptors (Lipinski definition) is 3. The van der Waals surface area contributed by atoms with Gasteiger partial charge < -0.3 is 15.0 Å². The molecule has 0 saturated carbocycles. The van der Waals surface area contributed by atoms with Crippen molar-refractivity contribution >= 4 is 11.6 Å². The maximum atomic E-state index is 13.2. The van der Waals surface area contributed by atoms with Crippen LogP contribution < -0.4 is 15.5 Å². The Kier molecular flexibility index (Phi) is 3.84. The summed E-state index contributed by atoms with van der Waals surface area (Å²) >= 11 is 0. The zero-order valence-electron chi connectivity index (χ0n) is 11.0. The highest BCUT2D eigenvalue weighted by Gasteiger charge is 2.12. The van der Waals surface area contributed by atoms with Crippen LogP contribution in [0.25, 0.3) is 0 Å². The lowest BCUT2D eigenvalue weighted by Gasteiger charge is -2.07. The van der Waals surface area contributed by atoms with Crippen LogP contribution in [-0.4, -0.2) is 18.0 Å². The number of carbonyl (C=O) groups excluding carboxylic acids is 1. The SMILES string of the molecule is COc1cc(NC(=O)c2c[nH]c(C)cc2=O)ccc1F. The molecular weight excluding hydrogens is 263 g/mol. The van der Waals surface area contributed by atoms with E-state index in [1.807, 2.05) is 0 Å². The summed E-state index contributed by atoms with van der Waals surface area (Å²) in [4.78, 5) is 26.4. The number of anilines is 1. The van der Waals surface area contributed by atoms with Crippen LogP contribution in [0.2, 0.25) is 0 Å². The largest absolute Gasteiger partial charge is 0.494 e. The van der Waals surface area contributed by atoms with Gasteiger partial charge in [-0.3, -0.25) is 9.59 Å². The number of halogens is 1. The number of hydrogen-bond donors (Lipinski definition) is 2. The molecule has 0 bridgehead atoms. The van der Waals surface area contributed by atoms with E-state index in [9.17, 15) is 14.0 Å². The minimum absolute atomic E-state index is 0.0145. The fourth-order valence-electron chi connectivity index (χ4n) is 1.69. The number of aryl methyl sites for hydroxylation is 1. The zero-order chi connectivity index (χ0) is 14.7. The van der Waals surface area contributed by atoms with Crippen LogP contribution in [0.3, 0.4) is 0 Å². The normalized spacial score (nSPS) is 10.2. The van der Waals surface area contributed by atoms with Gasteiger partial charge in [0.05, 0.1) is 7.11 Å². The molecule has 0 aliphatic carbocycles. The first-order valence-electron chi connectivity index (χ1n) is 5.85. The number of methoxy groups -OCH3 is 1. The number of aromatic amines is 1. The number of carbonyl (C=O) groups is 1. The summed E-state index contributed by atoms with van der Waals surface area (Å²) in [6.07, 6.45) is 1.34. The van der Waals surface area contributed by atoms with Crippen LogP contribution in [0.4, 0.5) is 10.1 Å². The monoisotopic (exact) mass is 276 g/mol. The van der Waals surface area contributed by atoms with Crippen molar-refractivity contribution in [2.45, 2.75) is 6.92 Å². The predicted molar refractivity (Wildman–Crippen MR) is 72.7 cm³/mol. The van der Waals surface area contributed by atoms with Gasteiger partial charge in [0, 0.05) is 29.7 Å². The standard InChI is InChI=1S/C14H13FN2O3/c1-8-5-12(18)10(7-16-8)14(19)17-9-3-4-11(15)13(6-9)20-2/h3-7H,1-2H3,(H,16,18)(H,17,19). The summed E-state index contributed by atoms with van der Waals surface area (Å²) in [6.45, 7) is 1.72. The van der Waals surface area contributed by atoms with Crippen LogP contribution >= 0.6 is 0 Å². The van der Waals surface area contributed by atoms with E-state index in [2.05, 4.69) is 10.3 Å².